The number of hydrogen-bond donors (Lipinski definition) is 0. The van der Waals surface area contributed by atoms with E-state index in [0.29, 0.717) is 6.54 Å². The van der Waals surface area contributed by atoms with Crippen LogP contribution in [-0.4, -0.2) is 16.1 Å². The summed E-state index contributed by atoms with van der Waals surface area (Å²) < 4.78 is 2.10. The van der Waals surface area contributed by atoms with Crippen molar-refractivity contribution in [2.24, 2.45) is 0 Å². The highest BCUT2D eigenvalue weighted by atomic mass is 15.1. The van der Waals surface area contributed by atoms with Gasteiger partial charge in [-0.3, -0.25) is 5.73 Å². The Kier molecular flexibility index (Phi) is 3.15. The molecule has 1 aromatic carbocycles. The normalized spacial score (nSPS) is 10.5. The Morgan fingerprint density at radius 2 is 2.00 bits per heavy atom. The van der Waals surface area contributed by atoms with Crippen molar-refractivity contribution in [3.63, 3.8) is 0 Å². The highest BCUT2D eigenvalue weighted by Crippen LogP contribution is 2.16. The van der Waals surface area contributed by atoms with Gasteiger partial charge < -0.3 is 4.57 Å². The molecule has 0 fully saturated rings. The zero-order valence-electron chi connectivity index (χ0n) is 8.56. The van der Waals surface area contributed by atoms with Crippen LogP contribution in [0.5, 0.6) is 0 Å². The van der Waals surface area contributed by atoms with Gasteiger partial charge in [0.2, 0.25) is 0 Å². The van der Waals surface area contributed by atoms with Crippen molar-refractivity contribution in [3.05, 3.63) is 42.7 Å². The third-order valence-electron chi connectivity index (χ3n) is 2.32. The summed E-state index contributed by atoms with van der Waals surface area (Å²) in [6.07, 6.45) is 4.65. The Hall–Kier alpha value is -1.61. The van der Waals surface area contributed by atoms with Gasteiger partial charge in [-0.1, -0.05) is 30.3 Å². The summed E-state index contributed by atoms with van der Waals surface area (Å²) in [5.41, 5.74) is 8.28. The fraction of sp³-hybridized carbons (Fsp3) is 0.250. The van der Waals surface area contributed by atoms with Crippen LogP contribution in [0.4, 0.5) is 0 Å². The van der Waals surface area contributed by atoms with Gasteiger partial charge in [-0.15, -0.1) is 0 Å². The summed E-state index contributed by atoms with van der Waals surface area (Å²) in [7, 11) is 0. The van der Waals surface area contributed by atoms with E-state index in [1.165, 1.54) is 0 Å². The van der Waals surface area contributed by atoms with E-state index in [9.17, 15) is 0 Å². The van der Waals surface area contributed by atoms with E-state index < -0.39 is 0 Å². The minimum atomic E-state index is 0.465. The molecule has 2 aromatic rings. The quantitative estimate of drug-likeness (QED) is 0.746. The molecule has 3 heteroatoms. The monoisotopic (exact) mass is 200 g/mol. The second-order valence-electron chi connectivity index (χ2n) is 3.41. The van der Waals surface area contributed by atoms with Crippen molar-refractivity contribution in [1.82, 2.24) is 15.3 Å². The third kappa shape index (κ3) is 2.25. The van der Waals surface area contributed by atoms with Crippen LogP contribution in [0.2, 0.25) is 0 Å². The lowest BCUT2D eigenvalue weighted by Gasteiger charge is -2.06. The highest BCUT2D eigenvalue weighted by molar-refractivity contribution is 5.54. The summed E-state index contributed by atoms with van der Waals surface area (Å²) in [6.45, 7) is 1.33. The molecule has 0 atom stereocenters. The Bertz CT molecular complexity index is 406. The molecule has 0 amide bonds. The molecule has 2 rings (SSSR count). The summed E-state index contributed by atoms with van der Waals surface area (Å²) in [5, 5.41) is 0. The van der Waals surface area contributed by atoms with Crippen molar-refractivity contribution in [3.8, 4) is 11.4 Å². The number of imidazole rings is 1. The van der Waals surface area contributed by atoms with Crippen molar-refractivity contribution in [2.75, 3.05) is 6.54 Å². The standard InChI is InChI=1S/C12H14N3/c13-7-4-9-15-10-8-14-12(15)11-5-2-1-3-6-11/h1-3,5-6,8,10,13H,4,7,9H2. The number of hydrogen-bond acceptors (Lipinski definition) is 1. The van der Waals surface area contributed by atoms with Crippen LogP contribution in [0.25, 0.3) is 11.4 Å². The molecule has 3 nitrogen and oxygen atoms in total. The van der Waals surface area contributed by atoms with Crippen LogP contribution in [0, 0.1) is 0 Å². The average Bonchev–Trinajstić information content (AvgIpc) is 2.75. The first-order valence-corrected chi connectivity index (χ1v) is 5.13. The van der Waals surface area contributed by atoms with Crippen LogP contribution >= 0.6 is 0 Å². The maximum atomic E-state index is 7.15. The SMILES string of the molecule is [NH]CCCn1ccnc1-c1ccccc1. The summed E-state index contributed by atoms with van der Waals surface area (Å²) >= 11 is 0. The van der Waals surface area contributed by atoms with Crippen LogP contribution in [0.1, 0.15) is 6.42 Å². The summed E-state index contributed by atoms with van der Waals surface area (Å²) in [6, 6.07) is 10.1. The molecule has 0 spiro atoms. The van der Waals surface area contributed by atoms with E-state index in [2.05, 4.69) is 21.7 Å². The lowest BCUT2D eigenvalue weighted by Crippen LogP contribution is -2.01. The van der Waals surface area contributed by atoms with E-state index in [-0.39, 0.29) is 0 Å². The number of aryl methyl sites for hydroxylation is 1. The van der Waals surface area contributed by atoms with Gasteiger partial charge >= 0.3 is 0 Å². The van der Waals surface area contributed by atoms with Gasteiger partial charge in [-0.25, -0.2) is 4.98 Å². The lowest BCUT2D eigenvalue weighted by molar-refractivity contribution is 0.650. The Balaban J connectivity index is 2.25. The molecule has 1 aromatic heterocycles. The zero-order chi connectivity index (χ0) is 10.5. The second-order valence-corrected chi connectivity index (χ2v) is 3.41. The smallest absolute Gasteiger partial charge is 0.139 e. The number of nitrogens with zero attached hydrogens (tertiary/aromatic N) is 2. The minimum absolute atomic E-state index is 0.465. The zero-order valence-corrected chi connectivity index (χ0v) is 8.56. The van der Waals surface area contributed by atoms with E-state index in [1.54, 1.807) is 0 Å². The first-order valence-electron chi connectivity index (χ1n) is 5.13. The average molecular weight is 200 g/mol. The van der Waals surface area contributed by atoms with Gasteiger partial charge in [-0.05, 0) is 6.42 Å². The molecule has 0 unspecified atom stereocenters. The van der Waals surface area contributed by atoms with Crippen LogP contribution in [-0.2, 0) is 6.54 Å². The maximum Gasteiger partial charge on any atom is 0.139 e. The molecule has 0 aliphatic heterocycles. The number of aromatic nitrogens is 2. The molecular formula is C12H14N3. The first-order chi connectivity index (χ1) is 7.42. The summed E-state index contributed by atoms with van der Waals surface area (Å²) in [5.74, 6) is 0.990. The first kappa shape index (κ1) is 9.93. The topological polar surface area (TPSA) is 41.6 Å². The summed E-state index contributed by atoms with van der Waals surface area (Å²) in [4.78, 5) is 4.34. The number of nitrogens with one attached hydrogen (secondary N) is 1. The molecule has 0 aliphatic rings. The van der Waals surface area contributed by atoms with Crippen molar-refractivity contribution >= 4 is 0 Å². The molecule has 1 N–H and O–H groups in total. The Morgan fingerprint density at radius 1 is 1.20 bits per heavy atom. The van der Waals surface area contributed by atoms with Gasteiger partial charge in [-0.2, -0.15) is 0 Å². The van der Waals surface area contributed by atoms with Gasteiger partial charge in [0.15, 0.2) is 0 Å². The van der Waals surface area contributed by atoms with Crippen molar-refractivity contribution in [1.29, 1.82) is 0 Å². The van der Waals surface area contributed by atoms with Gasteiger partial charge in [0, 0.05) is 31.0 Å². The van der Waals surface area contributed by atoms with Gasteiger partial charge in [0.05, 0.1) is 0 Å². The number of rotatable bonds is 4. The Labute approximate surface area is 89.6 Å². The number of benzene rings is 1. The highest BCUT2D eigenvalue weighted by Gasteiger charge is 2.03. The molecule has 0 saturated carbocycles. The fourth-order valence-electron chi connectivity index (χ4n) is 1.59. The predicted molar refractivity (Wildman–Crippen MR) is 60.2 cm³/mol. The van der Waals surface area contributed by atoms with Crippen LogP contribution in [0.3, 0.4) is 0 Å². The van der Waals surface area contributed by atoms with Crippen molar-refractivity contribution < 1.29 is 0 Å². The molecule has 0 saturated heterocycles. The molecule has 0 bridgehead atoms. The molecule has 0 aliphatic carbocycles. The van der Waals surface area contributed by atoms with E-state index in [1.807, 2.05) is 30.6 Å². The second kappa shape index (κ2) is 4.75. The largest absolute Gasteiger partial charge is 0.331 e. The van der Waals surface area contributed by atoms with Gasteiger partial charge in [0.1, 0.15) is 5.82 Å². The van der Waals surface area contributed by atoms with Crippen molar-refractivity contribution in [2.45, 2.75) is 13.0 Å². The molecular weight excluding hydrogens is 186 g/mol. The van der Waals surface area contributed by atoms with E-state index in [4.69, 9.17) is 5.73 Å². The van der Waals surface area contributed by atoms with E-state index >= 15 is 0 Å². The van der Waals surface area contributed by atoms with Crippen LogP contribution < -0.4 is 5.73 Å². The van der Waals surface area contributed by atoms with Gasteiger partial charge in [0.25, 0.3) is 0 Å². The molecule has 1 radical (unpaired) electrons. The molecule has 1 heterocycles. The maximum absolute atomic E-state index is 7.15. The van der Waals surface area contributed by atoms with Crippen LogP contribution in [0.15, 0.2) is 42.7 Å². The minimum Gasteiger partial charge on any atom is -0.331 e. The predicted octanol–water partition coefficient (Wildman–Crippen LogP) is 2.22. The molecule has 15 heavy (non-hydrogen) atoms. The molecule has 77 valence electrons. The fourth-order valence-corrected chi connectivity index (χ4v) is 1.59. The Morgan fingerprint density at radius 3 is 2.73 bits per heavy atom. The van der Waals surface area contributed by atoms with E-state index in [0.717, 1.165) is 24.4 Å². The lowest BCUT2D eigenvalue weighted by atomic mass is 10.2. The third-order valence-corrected chi connectivity index (χ3v) is 2.32.